The average Bonchev–Trinajstić information content (AvgIpc) is 3.07. The van der Waals surface area contributed by atoms with Crippen molar-refractivity contribution < 1.29 is 0 Å². The predicted octanol–water partition coefficient (Wildman–Crippen LogP) is 1.65. The number of nitrogens with zero attached hydrogens (tertiary/aromatic N) is 7. The molecule has 1 aliphatic heterocycles. The Labute approximate surface area is 146 Å². The molecule has 4 rings (SSSR count). The predicted molar refractivity (Wildman–Crippen MR) is 97.0 cm³/mol. The van der Waals surface area contributed by atoms with Gasteiger partial charge in [-0.15, -0.1) is 0 Å². The van der Waals surface area contributed by atoms with Crippen molar-refractivity contribution in [2.45, 2.75) is 27.2 Å². The van der Waals surface area contributed by atoms with Gasteiger partial charge in [-0.1, -0.05) is 6.92 Å². The second kappa shape index (κ2) is 6.27. The van der Waals surface area contributed by atoms with Crippen molar-refractivity contribution in [1.29, 1.82) is 0 Å². The molecule has 3 aromatic rings. The van der Waals surface area contributed by atoms with Crippen molar-refractivity contribution in [2.75, 3.05) is 36.0 Å². The molecule has 25 heavy (non-hydrogen) atoms. The van der Waals surface area contributed by atoms with Crippen LogP contribution in [0.5, 0.6) is 0 Å². The van der Waals surface area contributed by atoms with Gasteiger partial charge in [-0.2, -0.15) is 5.10 Å². The largest absolute Gasteiger partial charge is 0.352 e. The van der Waals surface area contributed by atoms with Gasteiger partial charge in [-0.25, -0.2) is 15.0 Å². The number of piperazine rings is 1. The van der Waals surface area contributed by atoms with Crippen molar-refractivity contribution in [3.05, 3.63) is 29.6 Å². The zero-order chi connectivity index (χ0) is 17.4. The first-order valence-electron chi connectivity index (χ1n) is 8.65. The SMILES string of the molecule is CCc1[nH]nc2ncnc(N3CCN(c4nc(C)cnc4C)CC3)c12. The standard InChI is InChI=1S/C17H22N8/c1-4-13-14-15(23-22-13)19-10-20-17(14)25-7-5-24(6-8-25)16-12(3)18-9-11(2)21-16/h9-10H,4-8H2,1-3H3,(H,19,20,22,23). The molecule has 4 heterocycles. The van der Waals surface area contributed by atoms with Crippen LogP contribution in [0.15, 0.2) is 12.5 Å². The highest BCUT2D eigenvalue weighted by molar-refractivity contribution is 5.89. The van der Waals surface area contributed by atoms with E-state index in [1.807, 2.05) is 20.0 Å². The molecule has 130 valence electrons. The zero-order valence-corrected chi connectivity index (χ0v) is 14.8. The number of anilines is 2. The molecule has 8 heteroatoms. The molecule has 0 atom stereocenters. The summed E-state index contributed by atoms with van der Waals surface area (Å²) in [6.07, 6.45) is 4.30. The summed E-state index contributed by atoms with van der Waals surface area (Å²) in [5.41, 5.74) is 3.76. The van der Waals surface area contributed by atoms with Gasteiger partial charge in [0.2, 0.25) is 0 Å². The van der Waals surface area contributed by atoms with E-state index in [9.17, 15) is 0 Å². The minimum atomic E-state index is 0.740. The molecule has 0 aliphatic carbocycles. The monoisotopic (exact) mass is 338 g/mol. The molecular formula is C17H22N8. The molecule has 0 spiro atoms. The fourth-order valence-electron chi connectivity index (χ4n) is 3.35. The maximum absolute atomic E-state index is 4.67. The van der Waals surface area contributed by atoms with Crippen LogP contribution in [0.4, 0.5) is 11.6 Å². The van der Waals surface area contributed by atoms with Crippen LogP contribution >= 0.6 is 0 Å². The highest BCUT2D eigenvalue weighted by atomic mass is 15.3. The van der Waals surface area contributed by atoms with Gasteiger partial charge in [0.15, 0.2) is 5.65 Å². The number of hydrogen-bond donors (Lipinski definition) is 1. The van der Waals surface area contributed by atoms with E-state index in [0.29, 0.717) is 0 Å². The Bertz CT molecular complexity index is 895. The molecule has 0 saturated carbocycles. The fourth-order valence-corrected chi connectivity index (χ4v) is 3.35. The summed E-state index contributed by atoms with van der Waals surface area (Å²) in [6, 6.07) is 0. The van der Waals surface area contributed by atoms with Gasteiger partial charge < -0.3 is 9.80 Å². The highest BCUT2D eigenvalue weighted by Crippen LogP contribution is 2.27. The highest BCUT2D eigenvalue weighted by Gasteiger charge is 2.23. The third-order valence-corrected chi connectivity index (χ3v) is 4.69. The van der Waals surface area contributed by atoms with Crippen LogP contribution in [0, 0.1) is 13.8 Å². The summed E-state index contributed by atoms with van der Waals surface area (Å²) in [5.74, 6) is 1.97. The summed E-state index contributed by atoms with van der Waals surface area (Å²) >= 11 is 0. The lowest BCUT2D eigenvalue weighted by Gasteiger charge is -2.36. The van der Waals surface area contributed by atoms with Crippen LogP contribution in [-0.4, -0.2) is 56.3 Å². The van der Waals surface area contributed by atoms with E-state index in [4.69, 9.17) is 0 Å². The second-order valence-corrected chi connectivity index (χ2v) is 6.35. The Balaban J connectivity index is 1.58. The van der Waals surface area contributed by atoms with E-state index in [1.54, 1.807) is 6.33 Å². The molecule has 1 N–H and O–H groups in total. The van der Waals surface area contributed by atoms with Gasteiger partial charge in [0.05, 0.1) is 16.8 Å². The number of aromatic amines is 1. The quantitative estimate of drug-likeness (QED) is 0.777. The zero-order valence-electron chi connectivity index (χ0n) is 14.8. The molecule has 1 saturated heterocycles. The van der Waals surface area contributed by atoms with Gasteiger partial charge in [-0.3, -0.25) is 10.1 Å². The summed E-state index contributed by atoms with van der Waals surface area (Å²) in [4.78, 5) is 22.6. The first kappa shape index (κ1) is 15.7. The van der Waals surface area contributed by atoms with E-state index in [1.165, 1.54) is 0 Å². The molecule has 0 aromatic carbocycles. The fraction of sp³-hybridized carbons (Fsp3) is 0.471. The van der Waals surface area contributed by atoms with Crippen molar-refractivity contribution >= 4 is 22.7 Å². The molecule has 1 fully saturated rings. The van der Waals surface area contributed by atoms with Gasteiger partial charge in [0.1, 0.15) is 18.0 Å². The third kappa shape index (κ3) is 2.77. The lowest BCUT2D eigenvalue weighted by Crippen LogP contribution is -2.47. The van der Waals surface area contributed by atoms with E-state index < -0.39 is 0 Å². The maximum atomic E-state index is 4.67. The second-order valence-electron chi connectivity index (χ2n) is 6.35. The number of aromatic nitrogens is 6. The van der Waals surface area contributed by atoms with Gasteiger partial charge in [-0.05, 0) is 20.3 Å². The lowest BCUT2D eigenvalue weighted by molar-refractivity contribution is 0.639. The maximum Gasteiger partial charge on any atom is 0.186 e. The lowest BCUT2D eigenvalue weighted by atomic mass is 10.2. The number of nitrogens with one attached hydrogen (secondary N) is 1. The Morgan fingerprint density at radius 2 is 1.72 bits per heavy atom. The topological polar surface area (TPSA) is 86.7 Å². The molecule has 0 unspecified atom stereocenters. The van der Waals surface area contributed by atoms with Crippen LogP contribution in [0.25, 0.3) is 11.0 Å². The molecule has 8 nitrogen and oxygen atoms in total. The van der Waals surface area contributed by atoms with E-state index >= 15 is 0 Å². The van der Waals surface area contributed by atoms with Crippen LogP contribution in [-0.2, 0) is 6.42 Å². The minimum Gasteiger partial charge on any atom is -0.352 e. The molecule has 3 aromatic heterocycles. The molecule has 0 amide bonds. The number of H-pyrrole nitrogens is 1. The summed E-state index contributed by atoms with van der Waals surface area (Å²) in [7, 11) is 0. The number of aryl methyl sites for hydroxylation is 3. The van der Waals surface area contributed by atoms with Crippen molar-refractivity contribution in [3.8, 4) is 0 Å². The van der Waals surface area contributed by atoms with E-state index in [-0.39, 0.29) is 0 Å². The van der Waals surface area contributed by atoms with Crippen LogP contribution in [0.2, 0.25) is 0 Å². The van der Waals surface area contributed by atoms with Crippen molar-refractivity contribution in [3.63, 3.8) is 0 Å². The third-order valence-electron chi connectivity index (χ3n) is 4.69. The number of rotatable bonds is 3. The van der Waals surface area contributed by atoms with Gasteiger partial charge in [0.25, 0.3) is 0 Å². The van der Waals surface area contributed by atoms with Crippen molar-refractivity contribution in [1.82, 2.24) is 30.1 Å². The average molecular weight is 338 g/mol. The Morgan fingerprint density at radius 3 is 2.44 bits per heavy atom. The summed E-state index contributed by atoms with van der Waals surface area (Å²) in [5, 5.41) is 8.43. The van der Waals surface area contributed by atoms with Crippen molar-refractivity contribution in [2.24, 2.45) is 0 Å². The smallest absolute Gasteiger partial charge is 0.186 e. The van der Waals surface area contributed by atoms with E-state index in [0.717, 1.165) is 72.4 Å². The molecule has 0 bridgehead atoms. The molecular weight excluding hydrogens is 316 g/mol. The van der Waals surface area contributed by atoms with Crippen LogP contribution in [0.3, 0.4) is 0 Å². The summed E-state index contributed by atoms with van der Waals surface area (Å²) < 4.78 is 0. The first-order valence-corrected chi connectivity index (χ1v) is 8.65. The Morgan fingerprint density at radius 1 is 1.00 bits per heavy atom. The van der Waals surface area contributed by atoms with Gasteiger partial charge >= 0.3 is 0 Å². The molecule has 0 radical (unpaired) electrons. The van der Waals surface area contributed by atoms with Gasteiger partial charge in [0, 0.05) is 38.1 Å². The van der Waals surface area contributed by atoms with Crippen LogP contribution in [0.1, 0.15) is 24.0 Å². The number of fused-ring (bicyclic) bond motifs is 1. The Kier molecular flexibility index (Phi) is 3.95. The van der Waals surface area contributed by atoms with E-state index in [2.05, 4.69) is 46.9 Å². The Hall–Kier alpha value is -2.77. The minimum absolute atomic E-state index is 0.740. The number of hydrogen-bond acceptors (Lipinski definition) is 7. The normalized spacial score (nSPS) is 15.2. The van der Waals surface area contributed by atoms with Crippen LogP contribution < -0.4 is 9.80 Å². The molecule has 1 aliphatic rings. The first-order chi connectivity index (χ1) is 12.2. The summed E-state index contributed by atoms with van der Waals surface area (Å²) in [6.45, 7) is 9.66.